The number of halogens is 3. The summed E-state index contributed by atoms with van der Waals surface area (Å²) in [5, 5.41) is 8.84. The monoisotopic (exact) mass is 455 g/mol. The molecular formula is C20H20F3N3O6. The summed E-state index contributed by atoms with van der Waals surface area (Å²) in [4.78, 5) is 24.7. The molecule has 32 heavy (non-hydrogen) atoms. The Morgan fingerprint density at radius 1 is 1.16 bits per heavy atom. The first kappa shape index (κ1) is 22.1. The van der Waals surface area contributed by atoms with Crippen LogP contribution in [0, 0.1) is 13.8 Å². The SMILES string of the molecule is Cc1noc(C)c1C(=O)NC1COC2C(OC(=O)Nc3cccc(C(F)(F)F)c3)COC12. The van der Waals surface area contributed by atoms with Gasteiger partial charge in [-0.25, -0.2) is 4.79 Å². The number of alkyl halides is 3. The van der Waals surface area contributed by atoms with Gasteiger partial charge in [0.2, 0.25) is 0 Å². The number of ether oxygens (including phenoxy) is 3. The normalized spacial score (nSPS) is 24.8. The quantitative estimate of drug-likeness (QED) is 0.729. The molecule has 3 heterocycles. The van der Waals surface area contributed by atoms with Crippen LogP contribution in [0.15, 0.2) is 28.8 Å². The number of benzene rings is 1. The van der Waals surface area contributed by atoms with Gasteiger partial charge in [0.15, 0.2) is 6.10 Å². The number of aryl methyl sites for hydroxylation is 2. The second-order valence-electron chi connectivity index (χ2n) is 7.52. The lowest BCUT2D eigenvalue weighted by molar-refractivity contribution is -0.137. The fraction of sp³-hybridized carbons (Fsp3) is 0.450. The first-order valence-corrected chi connectivity index (χ1v) is 9.75. The summed E-state index contributed by atoms with van der Waals surface area (Å²) < 4.78 is 60.1. The number of aromatic nitrogens is 1. The molecule has 2 saturated heterocycles. The fourth-order valence-electron chi connectivity index (χ4n) is 3.79. The third kappa shape index (κ3) is 4.41. The van der Waals surface area contributed by atoms with E-state index >= 15 is 0 Å². The van der Waals surface area contributed by atoms with Gasteiger partial charge >= 0.3 is 12.3 Å². The number of fused-ring (bicyclic) bond motifs is 1. The van der Waals surface area contributed by atoms with Crippen molar-refractivity contribution in [3.63, 3.8) is 0 Å². The van der Waals surface area contributed by atoms with E-state index in [4.69, 9.17) is 18.7 Å². The van der Waals surface area contributed by atoms with Gasteiger partial charge in [-0.05, 0) is 32.0 Å². The molecule has 2 aliphatic heterocycles. The topological polar surface area (TPSA) is 112 Å². The van der Waals surface area contributed by atoms with Crippen LogP contribution >= 0.6 is 0 Å². The highest BCUT2D eigenvalue weighted by Gasteiger charge is 2.50. The minimum atomic E-state index is -4.53. The molecule has 0 radical (unpaired) electrons. The Kier molecular flexibility index (Phi) is 5.82. The zero-order chi connectivity index (χ0) is 23.0. The number of hydrogen-bond acceptors (Lipinski definition) is 7. The number of nitrogens with one attached hydrogen (secondary N) is 2. The summed E-state index contributed by atoms with van der Waals surface area (Å²) in [6, 6.07) is 3.72. The van der Waals surface area contributed by atoms with Crippen LogP contribution in [-0.4, -0.2) is 54.7 Å². The summed E-state index contributed by atoms with van der Waals surface area (Å²) in [7, 11) is 0. The zero-order valence-corrected chi connectivity index (χ0v) is 17.1. The van der Waals surface area contributed by atoms with Gasteiger partial charge in [-0.1, -0.05) is 11.2 Å². The standard InChI is InChI=1S/C20H20F3N3O6/c1-9-15(10(2)32-26-9)18(27)25-13-7-29-17-14(8-30-16(13)17)31-19(28)24-12-5-3-4-11(6-12)20(21,22)23/h3-6,13-14,16-17H,7-8H2,1-2H3,(H,24,28)(H,25,27). The molecule has 0 saturated carbocycles. The molecule has 1 aromatic heterocycles. The predicted molar refractivity (Wildman–Crippen MR) is 102 cm³/mol. The number of nitrogens with zero attached hydrogens (tertiary/aromatic N) is 1. The van der Waals surface area contributed by atoms with Crippen LogP contribution in [0.25, 0.3) is 0 Å². The first-order chi connectivity index (χ1) is 15.1. The molecule has 0 bridgehead atoms. The van der Waals surface area contributed by atoms with Crippen LogP contribution in [0.2, 0.25) is 0 Å². The van der Waals surface area contributed by atoms with Crippen LogP contribution in [0.3, 0.4) is 0 Å². The van der Waals surface area contributed by atoms with Gasteiger partial charge in [-0.15, -0.1) is 0 Å². The van der Waals surface area contributed by atoms with Crippen molar-refractivity contribution in [3.05, 3.63) is 46.8 Å². The van der Waals surface area contributed by atoms with E-state index < -0.39 is 42.2 Å². The molecule has 2 N–H and O–H groups in total. The van der Waals surface area contributed by atoms with Crippen molar-refractivity contribution in [1.82, 2.24) is 10.5 Å². The fourth-order valence-corrected chi connectivity index (χ4v) is 3.79. The molecular weight excluding hydrogens is 435 g/mol. The van der Waals surface area contributed by atoms with Gasteiger partial charge in [0, 0.05) is 5.69 Å². The summed E-state index contributed by atoms with van der Waals surface area (Å²) in [5.41, 5.74) is -0.164. The molecule has 12 heteroatoms. The molecule has 2 amide bonds. The Bertz CT molecular complexity index is 1000. The lowest BCUT2D eigenvalue weighted by Gasteiger charge is -2.18. The van der Waals surface area contributed by atoms with Gasteiger partial charge in [0.05, 0.1) is 30.5 Å². The Morgan fingerprint density at radius 2 is 1.91 bits per heavy atom. The van der Waals surface area contributed by atoms with Crippen molar-refractivity contribution in [2.24, 2.45) is 0 Å². The number of rotatable bonds is 4. The Labute approximate surface area is 180 Å². The van der Waals surface area contributed by atoms with E-state index in [0.717, 1.165) is 12.1 Å². The van der Waals surface area contributed by atoms with Crippen molar-refractivity contribution in [1.29, 1.82) is 0 Å². The van der Waals surface area contributed by atoms with Crippen LogP contribution in [0.5, 0.6) is 0 Å². The Morgan fingerprint density at radius 3 is 2.59 bits per heavy atom. The first-order valence-electron chi connectivity index (χ1n) is 9.75. The third-order valence-electron chi connectivity index (χ3n) is 5.28. The van der Waals surface area contributed by atoms with Crippen molar-refractivity contribution in [2.45, 2.75) is 44.4 Å². The number of carbonyl (C=O) groups is 2. The van der Waals surface area contributed by atoms with Crippen LogP contribution in [0.4, 0.5) is 23.7 Å². The largest absolute Gasteiger partial charge is 0.441 e. The van der Waals surface area contributed by atoms with Gasteiger partial charge < -0.3 is 24.1 Å². The maximum atomic E-state index is 12.8. The van der Waals surface area contributed by atoms with Crippen LogP contribution in [0.1, 0.15) is 27.4 Å². The van der Waals surface area contributed by atoms with E-state index in [0.29, 0.717) is 17.0 Å². The van der Waals surface area contributed by atoms with E-state index in [2.05, 4.69) is 15.8 Å². The maximum Gasteiger partial charge on any atom is 0.416 e. The van der Waals surface area contributed by atoms with E-state index in [9.17, 15) is 22.8 Å². The molecule has 9 nitrogen and oxygen atoms in total. The lowest BCUT2D eigenvalue weighted by atomic mass is 10.1. The molecule has 0 aliphatic carbocycles. The molecule has 2 aromatic rings. The van der Waals surface area contributed by atoms with Crippen LogP contribution < -0.4 is 10.6 Å². The maximum absolute atomic E-state index is 12.8. The predicted octanol–water partition coefficient (Wildman–Crippen LogP) is 2.82. The van der Waals surface area contributed by atoms with E-state index in [1.165, 1.54) is 12.1 Å². The summed E-state index contributed by atoms with van der Waals surface area (Å²) >= 11 is 0. The molecule has 2 aliphatic rings. The highest BCUT2D eigenvalue weighted by Crippen LogP contribution is 2.32. The zero-order valence-electron chi connectivity index (χ0n) is 17.1. The highest BCUT2D eigenvalue weighted by atomic mass is 19.4. The second kappa shape index (κ2) is 8.43. The average Bonchev–Trinajstić information content (AvgIpc) is 3.39. The Hall–Kier alpha value is -3.12. The summed E-state index contributed by atoms with van der Waals surface area (Å²) in [5.74, 6) is 0.000960. The van der Waals surface area contributed by atoms with Crippen molar-refractivity contribution in [2.75, 3.05) is 18.5 Å². The molecule has 2 fully saturated rings. The molecule has 4 rings (SSSR count). The minimum absolute atomic E-state index is 0.0169. The molecule has 4 unspecified atom stereocenters. The summed E-state index contributed by atoms with van der Waals surface area (Å²) in [6.07, 6.45) is -7.44. The van der Waals surface area contributed by atoms with Crippen molar-refractivity contribution >= 4 is 17.7 Å². The highest BCUT2D eigenvalue weighted by molar-refractivity contribution is 5.96. The molecule has 172 valence electrons. The van der Waals surface area contributed by atoms with Gasteiger partial charge in [-0.3, -0.25) is 10.1 Å². The average molecular weight is 455 g/mol. The number of amides is 2. The van der Waals surface area contributed by atoms with E-state index in [-0.39, 0.29) is 24.8 Å². The molecule has 0 spiro atoms. The summed E-state index contributed by atoms with van der Waals surface area (Å²) in [6.45, 7) is 3.43. The van der Waals surface area contributed by atoms with E-state index in [1.54, 1.807) is 13.8 Å². The minimum Gasteiger partial charge on any atom is -0.441 e. The van der Waals surface area contributed by atoms with Crippen molar-refractivity contribution in [3.8, 4) is 0 Å². The van der Waals surface area contributed by atoms with Crippen molar-refractivity contribution < 1.29 is 41.5 Å². The lowest BCUT2D eigenvalue weighted by Crippen LogP contribution is -2.44. The number of anilines is 1. The number of carbonyl (C=O) groups excluding carboxylic acids is 2. The van der Waals surface area contributed by atoms with Crippen LogP contribution in [-0.2, 0) is 20.4 Å². The molecule has 1 aromatic carbocycles. The molecule has 4 atom stereocenters. The van der Waals surface area contributed by atoms with Gasteiger partial charge in [0.25, 0.3) is 5.91 Å². The van der Waals surface area contributed by atoms with Gasteiger partial charge in [-0.2, -0.15) is 13.2 Å². The van der Waals surface area contributed by atoms with Gasteiger partial charge in [0.1, 0.15) is 23.5 Å². The Balaban J connectivity index is 1.34. The third-order valence-corrected chi connectivity index (χ3v) is 5.28. The smallest absolute Gasteiger partial charge is 0.416 e. The van der Waals surface area contributed by atoms with E-state index in [1.807, 2.05) is 0 Å². The second-order valence-corrected chi connectivity index (χ2v) is 7.52. The number of hydrogen-bond donors (Lipinski definition) is 2.